The Bertz CT molecular complexity index is 620. The molecule has 6 nitrogen and oxygen atoms in total. The second-order valence-electron chi connectivity index (χ2n) is 6.37. The SMILES string of the molecule is C=COc1cc(CNCCCP(=O)(O)O)cc(Br)c1OCCCCCCC. The van der Waals surface area contributed by atoms with E-state index in [0.29, 0.717) is 37.6 Å². The van der Waals surface area contributed by atoms with E-state index in [-0.39, 0.29) is 6.16 Å². The van der Waals surface area contributed by atoms with Crippen molar-refractivity contribution >= 4 is 23.5 Å². The number of halogens is 1. The largest absolute Gasteiger partial charge is 0.488 e. The van der Waals surface area contributed by atoms with E-state index in [9.17, 15) is 4.57 Å². The molecule has 1 rings (SSSR count). The molecule has 154 valence electrons. The van der Waals surface area contributed by atoms with Gasteiger partial charge in [-0.15, -0.1) is 0 Å². The normalized spacial score (nSPS) is 11.4. The zero-order valence-electron chi connectivity index (χ0n) is 16.0. The molecule has 0 amide bonds. The Morgan fingerprint density at radius 3 is 2.63 bits per heavy atom. The Morgan fingerprint density at radius 1 is 1.22 bits per heavy atom. The molecule has 0 atom stereocenters. The van der Waals surface area contributed by atoms with E-state index < -0.39 is 7.60 Å². The van der Waals surface area contributed by atoms with Crippen LogP contribution in [0.2, 0.25) is 0 Å². The molecular weight excluding hydrogens is 433 g/mol. The van der Waals surface area contributed by atoms with Crippen LogP contribution < -0.4 is 14.8 Å². The first-order valence-electron chi connectivity index (χ1n) is 9.35. The second kappa shape index (κ2) is 13.3. The standard InChI is InChI=1S/C19H31BrNO5P/c1-3-5-6-7-8-11-26-19-17(20)13-16(14-18(19)25-4-2)15-21-10-9-12-27(22,23)24/h4,13-14,21H,2-3,5-12,15H2,1H3,(H2,22,23,24). The van der Waals surface area contributed by atoms with Crippen molar-refractivity contribution in [3.05, 3.63) is 35.0 Å². The van der Waals surface area contributed by atoms with Gasteiger partial charge in [-0.3, -0.25) is 4.57 Å². The monoisotopic (exact) mass is 463 g/mol. The van der Waals surface area contributed by atoms with Crippen LogP contribution in [0.15, 0.2) is 29.4 Å². The number of rotatable bonds is 15. The Balaban J connectivity index is 2.56. The topological polar surface area (TPSA) is 88.0 Å². The lowest BCUT2D eigenvalue weighted by Gasteiger charge is -2.15. The highest BCUT2D eigenvalue weighted by atomic mass is 79.9. The van der Waals surface area contributed by atoms with Gasteiger partial charge in [-0.1, -0.05) is 39.2 Å². The lowest BCUT2D eigenvalue weighted by molar-refractivity contribution is 0.289. The Hall–Kier alpha value is -0.850. The highest BCUT2D eigenvalue weighted by Gasteiger charge is 2.13. The lowest BCUT2D eigenvalue weighted by Crippen LogP contribution is -2.16. The van der Waals surface area contributed by atoms with Crippen LogP contribution in [0.5, 0.6) is 11.5 Å². The molecule has 27 heavy (non-hydrogen) atoms. The van der Waals surface area contributed by atoms with Gasteiger partial charge in [-0.25, -0.2) is 0 Å². The predicted molar refractivity (Wildman–Crippen MR) is 112 cm³/mol. The number of hydrogen-bond donors (Lipinski definition) is 3. The third kappa shape index (κ3) is 10.9. The average Bonchev–Trinajstić information content (AvgIpc) is 2.58. The third-order valence-corrected chi connectivity index (χ3v) is 5.39. The molecule has 1 aromatic rings. The van der Waals surface area contributed by atoms with Crippen molar-refractivity contribution in [2.75, 3.05) is 19.3 Å². The summed E-state index contributed by atoms with van der Waals surface area (Å²) in [5.41, 5.74) is 0.977. The van der Waals surface area contributed by atoms with Gasteiger partial charge in [0.15, 0.2) is 11.5 Å². The summed E-state index contributed by atoms with van der Waals surface area (Å²) in [5.74, 6) is 1.26. The van der Waals surface area contributed by atoms with Crippen molar-refractivity contribution in [3.63, 3.8) is 0 Å². The molecule has 0 bridgehead atoms. The molecule has 3 N–H and O–H groups in total. The maximum Gasteiger partial charge on any atom is 0.325 e. The van der Waals surface area contributed by atoms with Gasteiger partial charge in [0, 0.05) is 6.54 Å². The first-order chi connectivity index (χ1) is 12.9. The van der Waals surface area contributed by atoms with Gasteiger partial charge in [0.05, 0.1) is 23.5 Å². The predicted octanol–water partition coefficient (Wildman–Crippen LogP) is 4.98. The quantitative estimate of drug-likeness (QED) is 0.193. The first-order valence-corrected chi connectivity index (χ1v) is 11.9. The zero-order valence-corrected chi connectivity index (χ0v) is 18.4. The fourth-order valence-electron chi connectivity index (χ4n) is 2.56. The summed E-state index contributed by atoms with van der Waals surface area (Å²) < 4.78 is 23.1. The highest BCUT2D eigenvalue weighted by Crippen LogP contribution is 2.37. The smallest absolute Gasteiger partial charge is 0.325 e. The molecule has 0 radical (unpaired) electrons. The van der Waals surface area contributed by atoms with Crippen LogP contribution in [0.4, 0.5) is 0 Å². The fourth-order valence-corrected chi connectivity index (χ4v) is 3.74. The van der Waals surface area contributed by atoms with Crippen LogP contribution in [-0.2, 0) is 11.1 Å². The van der Waals surface area contributed by atoms with E-state index >= 15 is 0 Å². The summed E-state index contributed by atoms with van der Waals surface area (Å²) >= 11 is 3.54. The van der Waals surface area contributed by atoms with Crippen molar-refractivity contribution in [1.29, 1.82) is 0 Å². The van der Waals surface area contributed by atoms with Crippen LogP contribution in [0.1, 0.15) is 51.0 Å². The molecule has 0 fully saturated rings. The minimum absolute atomic E-state index is 0.112. The van der Waals surface area contributed by atoms with Gasteiger partial charge < -0.3 is 24.6 Å². The van der Waals surface area contributed by atoms with Crippen LogP contribution in [-0.4, -0.2) is 29.1 Å². The summed E-state index contributed by atoms with van der Waals surface area (Å²) in [4.78, 5) is 17.7. The first kappa shape index (κ1) is 24.2. The number of unbranched alkanes of at least 4 members (excludes halogenated alkanes) is 4. The average molecular weight is 464 g/mol. The molecule has 0 aliphatic carbocycles. The van der Waals surface area contributed by atoms with E-state index in [1.165, 1.54) is 25.5 Å². The minimum Gasteiger partial charge on any atom is -0.488 e. The molecule has 0 aromatic heterocycles. The van der Waals surface area contributed by atoms with Gasteiger partial charge >= 0.3 is 7.60 Å². The van der Waals surface area contributed by atoms with Crippen LogP contribution in [0.25, 0.3) is 0 Å². The highest BCUT2D eigenvalue weighted by molar-refractivity contribution is 9.10. The van der Waals surface area contributed by atoms with Gasteiger partial charge in [0.2, 0.25) is 0 Å². The van der Waals surface area contributed by atoms with Gasteiger partial charge in [-0.05, 0) is 53.0 Å². The molecule has 0 spiro atoms. The Kier molecular flexibility index (Phi) is 12.0. The van der Waals surface area contributed by atoms with Crippen molar-refractivity contribution in [2.45, 2.75) is 52.0 Å². The van der Waals surface area contributed by atoms with Crippen LogP contribution >= 0.6 is 23.5 Å². The molecule has 0 aliphatic rings. The molecular formula is C19H31BrNO5P. The lowest BCUT2D eigenvalue weighted by atomic mass is 10.1. The molecule has 8 heteroatoms. The van der Waals surface area contributed by atoms with Crippen molar-refractivity contribution in [3.8, 4) is 11.5 Å². The summed E-state index contributed by atoms with van der Waals surface area (Å²) in [6.45, 7) is 7.53. The summed E-state index contributed by atoms with van der Waals surface area (Å²) in [6.07, 6.45) is 7.53. The Morgan fingerprint density at radius 2 is 1.96 bits per heavy atom. The maximum atomic E-state index is 10.8. The molecule has 1 aromatic carbocycles. The molecule has 0 unspecified atom stereocenters. The summed E-state index contributed by atoms with van der Waals surface area (Å²) in [6, 6.07) is 3.84. The number of hydrogen-bond acceptors (Lipinski definition) is 4. The number of nitrogens with one attached hydrogen (secondary N) is 1. The number of benzene rings is 1. The van der Waals surface area contributed by atoms with Crippen LogP contribution in [0.3, 0.4) is 0 Å². The van der Waals surface area contributed by atoms with Crippen molar-refractivity contribution in [2.24, 2.45) is 0 Å². The molecule has 0 heterocycles. The van der Waals surface area contributed by atoms with Crippen molar-refractivity contribution < 1.29 is 23.8 Å². The van der Waals surface area contributed by atoms with Crippen molar-refractivity contribution in [1.82, 2.24) is 5.32 Å². The minimum atomic E-state index is -3.92. The van der Waals surface area contributed by atoms with E-state index in [4.69, 9.17) is 19.3 Å². The zero-order chi connectivity index (χ0) is 20.1. The molecule has 0 saturated carbocycles. The van der Waals surface area contributed by atoms with E-state index in [0.717, 1.165) is 22.9 Å². The summed E-state index contributed by atoms with van der Waals surface area (Å²) in [5, 5.41) is 3.18. The van der Waals surface area contributed by atoms with E-state index in [1.54, 1.807) is 0 Å². The summed E-state index contributed by atoms with van der Waals surface area (Å²) in [7, 11) is -3.92. The maximum absolute atomic E-state index is 10.8. The van der Waals surface area contributed by atoms with E-state index in [1.807, 2.05) is 12.1 Å². The van der Waals surface area contributed by atoms with Gasteiger partial charge in [0.25, 0.3) is 0 Å². The van der Waals surface area contributed by atoms with Crippen LogP contribution in [0, 0.1) is 0 Å². The van der Waals surface area contributed by atoms with Gasteiger partial charge in [-0.2, -0.15) is 0 Å². The third-order valence-electron chi connectivity index (χ3n) is 3.91. The van der Waals surface area contributed by atoms with E-state index in [2.05, 4.69) is 34.7 Å². The molecule has 0 saturated heterocycles. The second-order valence-corrected chi connectivity index (χ2v) is 9.00. The number of ether oxygens (including phenoxy) is 2. The fraction of sp³-hybridized carbons (Fsp3) is 0.579. The molecule has 0 aliphatic heterocycles. The van der Waals surface area contributed by atoms with Gasteiger partial charge in [0.1, 0.15) is 0 Å². The Labute approximate surface area is 170 Å².